The minimum atomic E-state index is 0.338. The van der Waals surface area contributed by atoms with Crippen molar-refractivity contribution in [3.8, 4) is 0 Å². The lowest BCUT2D eigenvalue weighted by Gasteiger charge is -2.33. The van der Waals surface area contributed by atoms with Gasteiger partial charge in [-0.15, -0.1) is 0 Å². The van der Waals surface area contributed by atoms with Gasteiger partial charge in [-0.05, 0) is 67.1 Å². The molecule has 1 fully saturated rings. The maximum absolute atomic E-state index is 4.32. The van der Waals surface area contributed by atoms with Crippen LogP contribution in [0.3, 0.4) is 0 Å². The average Bonchev–Trinajstić information content (AvgIpc) is 2.94. The first-order valence-electron chi connectivity index (χ1n) is 13.6. The lowest BCUT2D eigenvalue weighted by atomic mass is 9.72. The van der Waals surface area contributed by atoms with Crippen LogP contribution in [0.5, 0.6) is 0 Å². The van der Waals surface area contributed by atoms with Crippen molar-refractivity contribution in [3.05, 3.63) is 23.8 Å². The number of rotatable bonds is 7. The molecule has 184 valence electrons. The molecule has 0 nitrogen and oxygen atoms in total. The van der Waals surface area contributed by atoms with E-state index in [1.807, 2.05) is 0 Å². The summed E-state index contributed by atoms with van der Waals surface area (Å²) < 4.78 is 0. The fraction of sp³-hybridized carbons (Fsp3) is 0.871. The van der Waals surface area contributed by atoms with E-state index >= 15 is 0 Å². The second kappa shape index (κ2) is 14.6. The molecule has 2 aliphatic carbocycles. The average molecular weight is 433 g/mol. The summed E-state index contributed by atoms with van der Waals surface area (Å²) in [6.07, 6.45) is 15.9. The van der Waals surface area contributed by atoms with Crippen molar-refractivity contribution in [1.29, 1.82) is 0 Å². The first-order valence-corrected chi connectivity index (χ1v) is 13.6. The summed E-state index contributed by atoms with van der Waals surface area (Å²) in [6, 6.07) is 0. The maximum atomic E-state index is 4.32. The number of allylic oxidation sites excluding steroid dienone is 3. The summed E-state index contributed by atoms with van der Waals surface area (Å²) in [6.45, 7) is 29.9. The Bertz CT molecular complexity index is 518. The van der Waals surface area contributed by atoms with Gasteiger partial charge in [0.15, 0.2) is 0 Å². The largest absolute Gasteiger partial charge is 0.0995 e. The molecule has 0 N–H and O–H groups in total. The summed E-state index contributed by atoms with van der Waals surface area (Å²) in [4.78, 5) is 0. The molecule has 4 atom stereocenters. The van der Waals surface area contributed by atoms with Crippen molar-refractivity contribution in [1.82, 2.24) is 0 Å². The first kappa shape index (κ1) is 30.5. The predicted molar refractivity (Wildman–Crippen MR) is 145 cm³/mol. The molecule has 0 aliphatic heterocycles. The van der Waals surface area contributed by atoms with Crippen molar-refractivity contribution in [3.63, 3.8) is 0 Å². The summed E-state index contributed by atoms with van der Waals surface area (Å²) in [7, 11) is 0. The highest BCUT2D eigenvalue weighted by Crippen LogP contribution is 2.47. The summed E-state index contributed by atoms with van der Waals surface area (Å²) >= 11 is 0. The molecular weight excluding hydrogens is 372 g/mol. The molecule has 0 bridgehead atoms. The molecule has 0 aromatic heterocycles. The van der Waals surface area contributed by atoms with Crippen LogP contribution < -0.4 is 0 Å². The van der Waals surface area contributed by atoms with E-state index in [9.17, 15) is 0 Å². The van der Waals surface area contributed by atoms with Crippen molar-refractivity contribution >= 4 is 0 Å². The van der Waals surface area contributed by atoms with Gasteiger partial charge in [0.2, 0.25) is 0 Å². The topological polar surface area (TPSA) is 0 Å². The van der Waals surface area contributed by atoms with Gasteiger partial charge in [0.05, 0.1) is 0 Å². The Balaban J connectivity index is 0.000000479. The third-order valence-electron chi connectivity index (χ3n) is 8.28. The van der Waals surface area contributed by atoms with Crippen LogP contribution in [0.15, 0.2) is 23.8 Å². The highest BCUT2D eigenvalue weighted by atomic mass is 14.4. The zero-order chi connectivity index (χ0) is 24.2. The van der Waals surface area contributed by atoms with E-state index in [4.69, 9.17) is 0 Å². The minimum Gasteiger partial charge on any atom is -0.0995 e. The van der Waals surface area contributed by atoms with Gasteiger partial charge in [-0.25, -0.2) is 0 Å². The second-order valence-corrected chi connectivity index (χ2v) is 12.4. The van der Waals surface area contributed by atoms with Gasteiger partial charge in [-0.2, -0.15) is 0 Å². The van der Waals surface area contributed by atoms with Crippen LogP contribution in [-0.2, 0) is 0 Å². The molecule has 2 rings (SSSR count). The van der Waals surface area contributed by atoms with Gasteiger partial charge in [-0.3, -0.25) is 0 Å². The monoisotopic (exact) mass is 432 g/mol. The molecule has 0 saturated heterocycles. The summed E-state index contributed by atoms with van der Waals surface area (Å²) in [5.41, 5.74) is 3.99. The van der Waals surface area contributed by atoms with Crippen LogP contribution in [0, 0.1) is 34.5 Å². The molecule has 0 aromatic carbocycles. The molecule has 0 radical (unpaired) electrons. The third-order valence-corrected chi connectivity index (χ3v) is 8.28. The fourth-order valence-corrected chi connectivity index (χ4v) is 5.31. The minimum absolute atomic E-state index is 0.338. The van der Waals surface area contributed by atoms with E-state index in [1.165, 1.54) is 75.4 Å². The van der Waals surface area contributed by atoms with E-state index in [-0.39, 0.29) is 0 Å². The molecule has 31 heavy (non-hydrogen) atoms. The zero-order valence-electron chi connectivity index (χ0n) is 23.7. The SMILES string of the molecule is C=C(CC(C)CC)C1CC=C(C)C1(C)C.CC1CCCC(C)(C)C1.CCCC(C)CC. The van der Waals surface area contributed by atoms with E-state index in [2.05, 4.69) is 88.8 Å². The van der Waals surface area contributed by atoms with Crippen LogP contribution in [0.1, 0.15) is 140 Å². The lowest BCUT2D eigenvalue weighted by molar-refractivity contribution is 0.191. The summed E-state index contributed by atoms with van der Waals surface area (Å²) in [5, 5.41) is 0. The molecule has 2 aliphatic rings. The van der Waals surface area contributed by atoms with E-state index in [0.29, 0.717) is 16.7 Å². The van der Waals surface area contributed by atoms with Gasteiger partial charge in [0.25, 0.3) is 0 Å². The van der Waals surface area contributed by atoms with Gasteiger partial charge in [-0.1, -0.05) is 132 Å². The first-order chi connectivity index (χ1) is 14.3. The fourth-order valence-electron chi connectivity index (χ4n) is 5.31. The van der Waals surface area contributed by atoms with Crippen molar-refractivity contribution in [2.75, 3.05) is 0 Å². The Morgan fingerprint density at radius 2 is 1.65 bits per heavy atom. The Kier molecular flexibility index (Phi) is 14.3. The van der Waals surface area contributed by atoms with Gasteiger partial charge in [0.1, 0.15) is 0 Å². The van der Waals surface area contributed by atoms with Gasteiger partial charge < -0.3 is 0 Å². The molecule has 0 aromatic rings. The maximum Gasteiger partial charge on any atom is -0.00792 e. The Morgan fingerprint density at radius 1 is 1.06 bits per heavy atom. The van der Waals surface area contributed by atoms with Crippen molar-refractivity contribution < 1.29 is 0 Å². The third kappa shape index (κ3) is 11.8. The van der Waals surface area contributed by atoms with Crippen LogP contribution in [0.4, 0.5) is 0 Å². The quantitative estimate of drug-likeness (QED) is 0.351. The van der Waals surface area contributed by atoms with Crippen molar-refractivity contribution in [2.24, 2.45) is 34.5 Å². The molecule has 0 heterocycles. The van der Waals surface area contributed by atoms with E-state index < -0.39 is 0 Å². The molecule has 1 saturated carbocycles. The standard InChI is InChI=1S/C15H26.C9H18.C7H16/c1-7-11(2)10-12(3)14-9-8-13(4)15(14,5)6;1-8-5-4-6-9(2,3)7-8;1-4-6-7(3)5-2/h8,11,14H,3,7,9-10H2,1-2,4-6H3;8H,4-7H2,1-3H3;7H,4-6H2,1-3H3. The predicted octanol–water partition coefficient (Wildman–Crippen LogP) is 11.0. The van der Waals surface area contributed by atoms with Crippen LogP contribution >= 0.6 is 0 Å². The van der Waals surface area contributed by atoms with Crippen LogP contribution in [0.2, 0.25) is 0 Å². The summed E-state index contributed by atoms with van der Waals surface area (Å²) in [5.74, 6) is 3.39. The molecule has 4 unspecified atom stereocenters. The molecule has 0 spiro atoms. The zero-order valence-corrected chi connectivity index (χ0v) is 23.7. The Morgan fingerprint density at radius 3 is 1.97 bits per heavy atom. The van der Waals surface area contributed by atoms with Crippen molar-refractivity contribution in [2.45, 2.75) is 140 Å². The number of hydrogen-bond acceptors (Lipinski definition) is 0. The second-order valence-electron chi connectivity index (χ2n) is 12.4. The van der Waals surface area contributed by atoms with E-state index in [1.54, 1.807) is 0 Å². The number of hydrogen-bond donors (Lipinski definition) is 0. The molecule has 0 amide bonds. The highest BCUT2D eigenvalue weighted by molar-refractivity contribution is 5.25. The molecular formula is C31H60. The molecule has 0 heteroatoms. The smallest absolute Gasteiger partial charge is 0.00792 e. The van der Waals surface area contributed by atoms with E-state index in [0.717, 1.165) is 17.8 Å². The van der Waals surface area contributed by atoms with Gasteiger partial charge in [0, 0.05) is 0 Å². The van der Waals surface area contributed by atoms with Crippen LogP contribution in [0.25, 0.3) is 0 Å². The highest BCUT2D eigenvalue weighted by Gasteiger charge is 2.36. The van der Waals surface area contributed by atoms with Gasteiger partial charge >= 0.3 is 0 Å². The lowest BCUT2D eigenvalue weighted by Crippen LogP contribution is -2.22. The van der Waals surface area contributed by atoms with Crippen LogP contribution in [-0.4, -0.2) is 0 Å². The Labute approximate surface area is 198 Å². The Hall–Kier alpha value is -0.520. The normalized spacial score (nSPS) is 25.8.